The average molecular weight is 282 g/mol. The first kappa shape index (κ1) is 14.4. The number of hydrogen-bond donors (Lipinski definition) is 1. The number of nitrogens with zero attached hydrogens (tertiary/aromatic N) is 3. The van der Waals surface area contributed by atoms with Crippen molar-refractivity contribution in [3.8, 4) is 0 Å². The number of aryl methyl sites for hydroxylation is 1. The van der Waals surface area contributed by atoms with Gasteiger partial charge in [-0.25, -0.2) is 4.98 Å². The lowest BCUT2D eigenvalue weighted by Gasteiger charge is -2.28. The molecule has 1 amide bonds. The fraction of sp³-hybridized carbons (Fsp3) is 0.692. The maximum Gasteiger partial charge on any atom is 0.223 e. The summed E-state index contributed by atoms with van der Waals surface area (Å²) in [6, 6.07) is 0. The van der Waals surface area contributed by atoms with Crippen molar-refractivity contribution in [3.63, 3.8) is 0 Å². The number of rotatable bonds is 5. The zero-order valence-electron chi connectivity index (χ0n) is 11.7. The minimum absolute atomic E-state index is 0.266. The first-order chi connectivity index (χ1) is 9.15. The van der Waals surface area contributed by atoms with Crippen molar-refractivity contribution in [1.82, 2.24) is 20.1 Å². The van der Waals surface area contributed by atoms with Crippen molar-refractivity contribution in [2.45, 2.75) is 19.9 Å². The second-order valence-electron chi connectivity index (χ2n) is 4.98. The molecule has 0 bridgehead atoms. The maximum absolute atomic E-state index is 12.0. The summed E-state index contributed by atoms with van der Waals surface area (Å²) in [5, 5.41) is 6.44. The van der Waals surface area contributed by atoms with Gasteiger partial charge in [-0.15, -0.1) is 11.3 Å². The van der Waals surface area contributed by atoms with Gasteiger partial charge >= 0.3 is 0 Å². The normalized spacial score (nSPS) is 16.1. The zero-order valence-corrected chi connectivity index (χ0v) is 12.5. The third-order valence-corrected chi connectivity index (χ3v) is 4.10. The van der Waals surface area contributed by atoms with E-state index < -0.39 is 0 Å². The largest absolute Gasteiger partial charge is 0.340 e. The lowest BCUT2D eigenvalue weighted by atomic mass is 10.3. The molecule has 0 radical (unpaired) electrons. The standard InChI is InChI=1S/C13H22N4OS/c1-11-15-12(10-19-11)9-16(2)6-3-13(18)17-7-4-14-5-8-17/h10,14H,3-9H2,1-2H3. The van der Waals surface area contributed by atoms with Crippen molar-refractivity contribution >= 4 is 17.2 Å². The maximum atomic E-state index is 12.0. The van der Waals surface area contributed by atoms with Gasteiger partial charge in [0, 0.05) is 51.1 Å². The Labute approximate surface area is 118 Å². The van der Waals surface area contributed by atoms with Gasteiger partial charge in [0.05, 0.1) is 10.7 Å². The molecule has 1 aliphatic rings. The lowest BCUT2D eigenvalue weighted by molar-refractivity contribution is -0.132. The first-order valence-corrected chi connectivity index (χ1v) is 7.61. The van der Waals surface area contributed by atoms with Crippen LogP contribution in [0.2, 0.25) is 0 Å². The van der Waals surface area contributed by atoms with Crippen molar-refractivity contribution in [2.75, 3.05) is 39.8 Å². The summed E-state index contributed by atoms with van der Waals surface area (Å²) < 4.78 is 0. The van der Waals surface area contributed by atoms with E-state index >= 15 is 0 Å². The molecule has 2 rings (SSSR count). The van der Waals surface area contributed by atoms with Gasteiger partial charge in [-0.05, 0) is 14.0 Å². The molecular weight excluding hydrogens is 260 g/mol. The highest BCUT2D eigenvalue weighted by Gasteiger charge is 2.16. The molecule has 5 nitrogen and oxygen atoms in total. The summed E-state index contributed by atoms with van der Waals surface area (Å²) in [6.07, 6.45) is 0.597. The first-order valence-electron chi connectivity index (χ1n) is 6.73. The fourth-order valence-corrected chi connectivity index (χ4v) is 2.80. The van der Waals surface area contributed by atoms with E-state index in [1.807, 2.05) is 18.9 Å². The zero-order chi connectivity index (χ0) is 13.7. The van der Waals surface area contributed by atoms with Crippen molar-refractivity contribution in [1.29, 1.82) is 0 Å². The van der Waals surface area contributed by atoms with E-state index in [4.69, 9.17) is 0 Å². The van der Waals surface area contributed by atoms with Crippen LogP contribution in [0.4, 0.5) is 0 Å². The van der Waals surface area contributed by atoms with E-state index in [-0.39, 0.29) is 5.91 Å². The van der Waals surface area contributed by atoms with Gasteiger partial charge < -0.3 is 15.1 Å². The Morgan fingerprint density at radius 3 is 2.89 bits per heavy atom. The Kier molecular flexibility index (Phi) is 5.30. The second-order valence-corrected chi connectivity index (χ2v) is 6.04. The van der Waals surface area contributed by atoms with Crippen LogP contribution < -0.4 is 5.32 Å². The van der Waals surface area contributed by atoms with E-state index in [0.717, 1.165) is 50.0 Å². The minimum Gasteiger partial charge on any atom is -0.340 e. The molecule has 0 saturated carbocycles. The smallest absolute Gasteiger partial charge is 0.223 e. The third-order valence-electron chi connectivity index (χ3n) is 3.28. The van der Waals surface area contributed by atoms with Crippen LogP contribution in [-0.2, 0) is 11.3 Å². The lowest BCUT2D eigenvalue weighted by Crippen LogP contribution is -2.47. The van der Waals surface area contributed by atoms with Gasteiger partial charge in [-0.1, -0.05) is 0 Å². The van der Waals surface area contributed by atoms with Gasteiger partial charge in [0.1, 0.15) is 0 Å². The number of carbonyl (C=O) groups excluding carboxylic acids is 1. The number of thiazole rings is 1. The topological polar surface area (TPSA) is 48.5 Å². The predicted octanol–water partition coefficient (Wildman–Crippen LogP) is 0.705. The van der Waals surface area contributed by atoms with Gasteiger partial charge in [-0.3, -0.25) is 4.79 Å². The molecule has 0 aliphatic carbocycles. The van der Waals surface area contributed by atoms with Crippen LogP contribution in [0.5, 0.6) is 0 Å². The molecule has 0 atom stereocenters. The van der Waals surface area contributed by atoms with Crippen LogP contribution in [0.1, 0.15) is 17.1 Å². The quantitative estimate of drug-likeness (QED) is 0.864. The average Bonchev–Trinajstić information content (AvgIpc) is 2.82. The van der Waals surface area contributed by atoms with Crippen LogP contribution in [0.25, 0.3) is 0 Å². The summed E-state index contributed by atoms with van der Waals surface area (Å²) in [4.78, 5) is 20.6. The molecule has 2 heterocycles. The van der Waals surface area contributed by atoms with Crippen molar-refractivity contribution in [2.24, 2.45) is 0 Å². The SMILES string of the molecule is Cc1nc(CN(C)CCC(=O)N2CCNCC2)cs1. The Hall–Kier alpha value is -0.980. The summed E-state index contributed by atoms with van der Waals surface area (Å²) >= 11 is 1.67. The molecular formula is C13H22N4OS. The number of carbonyl (C=O) groups is 1. The van der Waals surface area contributed by atoms with E-state index in [0.29, 0.717) is 6.42 Å². The highest BCUT2D eigenvalue weighted by atomic mass is 32.1. The highest BCUT2D eigenvalue weighted by Crippen LogP contribution is 2.10. The van der Waals surface area contributed by atoms with Crippen LogP contribution in [0, 0.1) is 6.92 Å². The fourth-order valence-electron chi connectivity index (χ4n) is 2.20. The number of nitrogens with one attached hydrogen (secondary N) is 1. The number of amides is 1. The Morgan fingerprint density at radius 2 is 2.26 bits per heavy atom. The number of aromatic nitrogens is 1. The summed E-state index contributed by atoms with van der Waals surface area (Å²) in [5.74, 6) is 0.266. The second kappa shape index (κ2) is 6.98. The molecule has 0 aromatic carbocycles. The summed E-state index contributed by atoms with van der Waals surface area (Å²) in [5.41, 5.74) is 1.10. The molecule has 1 fully saturated rings. The van der Waals surface area contributed by atoms with Gasteiger partial charge in [0.2, 0.25) is 5.91 Å². The monoisotopic (exact) mass is 282 g/mol. The summed E-state index contributed by atoms with van der Waals surface area (Å²) in [6.45, 7) is 7.14. The van der Waals surface area contributed by atoms with Gasteiger partial charge in [0.15, 0.2) is 0 Å². The summed E-state index contributed by atoms with van der Waals surface area (Å²) in [7, 11) is 2.04. The number of piperazine rings is 1. The molecule has 6 heteroatoms. The molecule has 1 aromatic rings. The Morgan fingerprint density at radius 1 is 1.53 bits per heavy atom. The molecule has 0 unspecified atom stereocenters. The van der Waals surface area contributed by atoms with E-state index in [1.54, 1.807) is 11.3 Å². The van der Waals surface area contributed by atoms with Crippen LogP contribution in [0.3, 0.4) is 0 Å². The molecule has 19 heavy (non-hydrogen) atoms. The van der Waals surface area contributed by atoms with E-state index in [1.165, 1.54) is 0 Å². The van der Waals surface area contributed by atoms with E-state index in [9.17, 15) is 4.79 Å². The third kappa shape index (κ3) is 4.56. The van der Waals surface area contributed by atoms with Crippen molar-refractivity contribution in [3.05, 3.63) is 16.1 Å². The van der Waals surface area contributed by atoms with Gasteiger partial charge in [0.25, 0.3) is 0 Å². The van der Waals surface area contributed by atoms with Crippen LogP contribution in [0.15, 0.2) is 5.38 Å². The minimum atomic E-state index is 0.266. The molecule has 1 N–H and O–H groups in total. The van der Waals surface area contributed by atoms with Crippen LogP contribution in [-0.4, -0.2) is 60.5 Å². The molecule has 1 aliphatic heterocycles. The van der Waals surface area contributed by atoms with Crippen molar-refractivity contribution < 1.29 is 4.79 Å². The highest BCUT2D eigenvalue weighted by molar-refractivity contribution is 7.09. The predicted molar refractivity (Wildman–Crippen MR) is 77.3 cm³/mol. The Bertz CT molecular complexity index is 415. The number of hydrogen-bond acceptors (Lipinski definition) is 5. The van der Waals surface area contributed by atoms with E-state index in [2.05, 4.69) is 20.6 Å². The molecule has 0 spiro atoms. The van der Waals surface area contributed by atoms with Gasteiger partial charge in [-0.2, -0.15) is 0 Å². The molecule has 106 valence electrons. The Balaban J connectivity index is 1.70. The molecule has 1 saturated heterocycles. The van der Waals surface area contributed by atoms with Crippen LogP contribution >= 0.6 is 11.3 Å². The molecule has 1 aromatic heterocycles.